The van der Waals surface area contributed by atoms with Crippen LogP contribution in [0.25, 0.3) is 0 Å². The predicted molar refractivity (Wildman–Crippen MR) is 92.2 cm³/mol. The molecule has 0 saturated carbocycles. The van der Waals surface area contributed by atoms with E-state index in [1.165, 1.54) is 24.0 Å². The molecule has 1 aliphatic rings. The van der Waals surface area contributed by atoms with Gasteiger partial charge in [-0.2, -0.15) is 0 Å². The van der Waals surface area contributed by atoms with Crippen molar-refractivity contribution >= 4 is 12.4 Å². The number of hydrogen-bond donors (Lipinski definition) is 1. The van der Waals surface area contributed by atoms with Crippen molar-refractivity contribution in [2.24, 2.45) is 0 Å². The van der Waals surface area contributed by atoms with Crippen LogP contribution >= 0.6 is 12.4 Å². The summed E-state index contributed by atoms with van der Waals surface area (Å²) in [5.41, 5.74) is 2.89. The van der Waals surface area contributed by atoms with Crippen molar-refractivity contribution < 1.29 is 0 Å². The summed E-state index contributed by atoms with van der Waals surface area (Å²) in [4.78, 5) is 0. The second kappa shape index (κ2) is 7.63. The van der Waals surface area contributed by atoms with E-state index < -0.39 is 0 Å². The van der Waals surface area contributed by atoms with Gasteiger partial charge in [0.1, 0.15) is 0 Å². The molecule has 0 aromatic heterocycles. The van der Waals surface area contributed by atoms with Crippen LogP contribution in [0.5, 0.6) is 0 Å². The third-order valence-electron chi connectivity index (χ3n) is 4.53. The molecule has 3 atom stereocenters. The predicted octanol–water partition coefficient (Wildman–Crippen LogP) is 4.58. The molecule has 0 radical (unpaired) electrons. The molecule has 21 heavy (non-hydrogen) atoms. The van der Waals surface area contributed by atoms with E-state index in [4.69, 9.17) is 0 Å². The first kappa shape index (κ1) is 16.1. The van der Waals surface area contributed by atoms with Gasteiger partial charge in [0.25, 0.3) is 0 Å². The molecule has 1 heterocycles. The lowest BCUT2D eigenvalue weighted by molar-refractivity contribution is 0.480. The average molecular weight is 302 g/mol. The van der Waals surface area contributed by atoms with Crippen LogP contribution in [0.2, 0.25) is 0 Å². The fourth-order valence-corrected chi connectivity index (χ4v) is 3.29. The number of nitrogens with one attached hydrogen (secondary N) is 1. The van der Waals surface area contributed by atoms with Gasteiger partial charge >= 0.3 is 0 Å². The summed E-state index contributed by atoms with van der Waals surface area (Å²) in [5, 5.41) is 3.84. The summed E-state index contributed by atoms with van der Waals surface area (Å²) < 4.78 is 0. The Morgan fingerprint density at radius 3 is 2.24 bits per heavy atom. The third kappa shape index (κ3) is 4.09. The highest BCUT2D eigenvalue weighted by Crippen LogP contribution is 2.28. The summed E-state index contributed by atoms with van der Waals surface area (Å²) in [6, 6.07) is 22.9. The second-order valence-electron chi connectivity index (χ2n) is 5.94. The molecule has 2 heteroatoms. The zero-order valence-electron chi connectivity index (χ0n) is 12.5. The van der Waals surface area contributed by atoms with Crippen LogP contribution in [0.4, 0.5) is 0 Å². The maximum absolute atomic E-state index is 3.84. The molecule has 1 aliphatic heterocycles. The molecule has 1 nitrogen and oxygen atoms in total. The minimum absolute atomic E-state index is 0. The Bertz CT molecular complexity index is 526. The first-order valence-electron chi connectivity index (χ1n) is 7.68. The van der Waals surface area contributed by atoms with Gasteiger partial charge in [-0.15, -0.1) is 12.4 Å². The van der Waals surface area contributed by atoms with E-state index in [1.54, 1.807) is 0 Å². The lowest BCUT2D eigenvalue weighted by atomic mass is 9.92. The molecule has 1 N–H and O–H groups in total. The summed E-state index contributed by atoms with van der Waals surface area (Å²) in [6.45, 7) is 2.35. The molecule has 2 aromatic carbocycles. The van der Waals surface area contributed by atoms with Gasteiger partial charge in [-0.25, -0.2) is 0 Å². The minimum Gasteiger partial charge on any atom is -0.310 e. The second-order valence-corrected chi connectivity index (χ2v) is 5.94. The molecule has 1 fully saturated rings. The van der Waals surface area contributed by atoms with E-state index in [-0.39, 0.29) is 12.4 Å². The number of hydrogen-bond acceptors (Lipinski definition) is 1. The first-order chi connectivity index (χ1) is 9.83. The summed E-state index contributed by atoms with van der Waals surface area (Å²) >= 11 is 0. The van der Waals surface area contributed by atoms with Crippen LogP contribution in [0.1, 0.15) is 36.8 Å². The van der Waals surface area contributed by atoms with Crippen LogP contribution in [0.15, 0.2) is 60.7 Å². The molecule has 0 spiro atoms. The Hall–Kier alpha value is -1.31. The van der Waals surface area contributed by atoms with Gasteiger partial charge in [-0.05, 0) is 36.3 Å². The van der Waals surface area contributed by atoms with Gasteiger partial charge in [-0.1, -0.05) is 67.6 Å². The van der Waals surface area contributed by atoms with Crippen LogP contribution < -0.4 is 5.32 Å². The smallest absolute Gasteiger partial charge is 0.0136 e. The van der Waals surface area contributed by atoms with Crippen molar-refractivity contribution in [3.05, 3.63) is 71.8 Å². The Labute approximate surface area is 134 Å². The molecule has 3 rings (SSSR count). The molecule has 0 amide bonds. The van der Waals surface area contributed by atoms with E-state index in [0.717, 1.165) is 6.42 Å². The van der Waals surface area contributed by atoms with Crippen molar-refractivity contribution in [3.8, 4) is 0 Å². The van der Waals surface area contributed by atoms with Crippen molar-refractivity contribution in [1.29, 1.82) is 0 Å². The highest BCUT2D eigenvalue weighted by atomic mass is 35.5. The lowest BCUT2D eigenvalue weighted by Gasteiger charge is -2.21. The highest BCUT2D eigenvalue weighted by molar-refractivity contribution is 5.85. The molecule has 0 aliphatic carbocycles. The van der Waals surface area contributed by atoms with Crippen LogP contribution in [0, 0.1) is 0 Å². The topological polar surface area (TPSA) is 12.0 Å². The van der Waals surface area contributed by atoms with E-state index in [9.17, 15) is 0 Å². The maximum atomic E-state index is 3.84. The van der Waals surface area contributed by atoms with Crippen molar-refractivity contribution in [2.75, 3.05) is 0 Å². The molecule has 1 saturated heterocycles. The number of halogens is 1. The molecular weight excluding hydrogens is 278 g/mol. The quantitative estimate of drug-likeness (QED) is 0.872. The fraction of sp³-hybridized carbons (Fsp3) is 0.368. The van der Waals surface area contributed by atoms with Gasteiger partial charge in [0.2, 0.25) is 0 Å². The maximum Gasteiger partial charge on any atom is 0.0136 e. The zero-order chi connectivity index (χ0) is 13.8. The molecule has 112 valence electrons. The first-order valence-corrected chi connectivity index (χ1v) is 7.68. The Kier molecular flexibility index (Phi) is 5.84. The summed E-state index contributed by atoms with van der Waals surface area (Å²) in [6.07, 6.45) is 3.73. The molecular formula is C19H24ClN. The summed E-state index contributed by atoms with van der Waals surface area (Å²) in [7, 11) is 0. The Morgan fingerprint density at radius 2 is 1.57 bits per heavy atom. The average Bonchev–Trinajstić information content (AvgIpc) is 2.97. The monoisotopic (exact) mass is 301 g/mol. The highest BCUT2D eigenvalue weighted by Gasteiger charge is 2.28. The van der Waals surface area contributed by atoms with Gasteiger partial charge in [0, 0.05) is 12.1 Å². The van der Waals surface area contributed by atoms with E-state index in [0.29, 0.717) is 18.0 Å². The van der Waals surface area contributed by atoms with E-state index in [1.807, 2.05) is 0 Å². The van der Waals surface area contributed by atoms with Gasteiger partial charge in [0.05, 0.1) is 0 Å². The van der Waals surface area contributed by atoms with E-state index in [2.05, 4.69) is 72.9 Å². The number of rotatable bonds is 4. The van der Waals surface area contributed by atoms with Crippen molar-refractivity contribution in [2.45, 2.75) is 44.2 Å². The van der Waals surface area contributed by atoms with Crippen LogP contribution in [0.3, 0.4) is 0 Å². The summed E-state index contributed by atoms with van der Waals surface area (Å²) in [5.74, 6) is 0.594. The lowest BCUT2D eigenvalue weighted by Crippen LogP contribution is -2.34. The van der Waals surface area contributed by atoms with E-state index >= 15 is 0 Å². The Morgan fingerprint density at radius 1 is 0.952 bits per heavy atom. The third-order valence-corrected chi connectivity index (χ3v) is 4.53. The fourth-order valence-electron chi connectivity index (χ4n) is 3.29. The van der Waals surface area contributed by atoms with Gasteiger partial charge in [0.15, 0.2) is 0 Å². The van der Waals surface area contributed by atoms with Crippen LogP contribution in [-0.4, -0.2) is 12.1 Å². The van der Waals surface area contributed by atoms with Crippen molar-refractivity contribution in [3.63, 3.8) is 0 Å². The minimum atomic E-state index is 0. The Balaban J connectivity index is 0.00000161. The zero-order valence-corrected chi connectivity index (χ0v) is 13.4. The molecule has 2 aromatic rings. The van der Waals surface area contributed by atoms with Crippen LogP contribution in [-0.2, 0) is 6.42 Å². The van der Waals surface area contributed by atoms with Crippen molar-refractivity contribution in [1.82, 2.24) is 5.32 Å². The van der Waals surface area contributed by atoms with Gasteiger partial charge in [-0.3, -0.25) is 0 Å². The normalized spacial score (nSPS) is 22.5. The van der Waals surface area contributed by atoms with Gasteiger partial charge < -0.3 is 5.32 Å². The molecule has 1 unspecified atom stereocenters. The SMILES string of the molecule is CC(c1ccccc1)[C@H]1CC[C@@H](Cc2ccccc2)N1.Cl. The largest absolute Gasteiger partial charge is 0.310 e. The standard InChI is InChI=1S/C19H23N.ClH/c1-15(17-10-6-3-7-11-17)19-13-12-18(20-19)14-16-8-4-2-5-9-16;/h2-11,15,18-20H,12-14H2,1H3;1H/t15?,18-,19+;/m0./s1. The number of benzene rings is 2. The molecule has 0 bridgehead atoms.